The molecule has 0 aliphatic carbocycles. The second kappa shape index (κ2) is 8.41. The Morgan fingerprint density at radius 1 is 1.19 bits per heavy atom. The van der Waals surface area contributed by atoms with Gasteiger partial charge in [-0.2, -0.15) is 0 Å². The van der Waals surface area contributed by atoms with Gasteiger partial charge in [-0.05, 0) is 29.7 Å². The summed E-state index contributed by atoms with van der Waals surface area (Å²) in [6.07, 6.45) is 4.94. The van der Waals surface area contributed by atoms with E-state index in [4.69, 9.17) is 0 Å². The van der Waals surface area contributed by atoms with E-state index in [1.54, 1.807) is 23.7 Å². The summed E-state index contributed by atoms with van der Waals surface area (Å²) in [5.41, 5.74) is 4.65. The molecule has 0 saturated carbocycles. The third-order valence-corrected chi connectivity index (χ3v) is 5.70. The van der Waals surface area contributed by atoms with Gasteiger partial charge in [-0.3, -0.25) is 14.7 Å². The fraction of sp³-hybridized carbons (Fsp3) is 0.286. The highest BCUT2D eigenvalue weighted by molar-refractivity contribution is 7.13. The molecule has 27 heavy (non-hydrogen) atoms. The maximum Gasteiger partial charge on any atom is 0.226 e. The van der Waals surface area contributed by atoms with Gasteiger partial charge in [-0.25, -0.2) is 4.98 Å². The van der Waals surface area contributed by atoms with Crippen LogP contribution in [0.3, 0.4) is 0 Å². The van der Waals surface area contributed by atoms with Gasteiger partial charge in [0, 0.05) is 49.5 Å². The Kier molecular flexibility index (Phi) is 5.55. The fourth-order valence-corrected chi connectivity index (χ4v) is 4.15. The number of thiazole rings is 1. The third-order valence-electron chi connectivity index (χ3n) is 4.76. The molecule has 1 aliphatic heterocycles. The molecule has 0 atom stereocenters. The van der Waals surface area contributed by atoms with Crippen molar-refractivity contribution in [2.75, 3.05) is 19.6 Å². The molecule has 2 aromatic heterocycles. The summed E-state index contributed by atoms with van der Waals surface area (Å²) < 4.78 is 0. The number of aromatic nitrogens is 2. The van der Waals surface area contributed by atoms with Gasteiger partial charge < -0.3 is 5.32 Å². The van der Waals surface area contributed by atoms with Crippen LogP contribution < -0.4 is 5.32 Å². The Morgan fingerprint density at radius 3 is 2.93 bits per heavy atom. The highest BCUT2D eigenvalue weighted by Crippen LogP contribution is 2.22. The zero-order valence-corrected chi connectivity index (χ0v) is 15.9. The van der Waals surface area contributed by atoms with Crippen LogP contribution in [0.1, 0.15) is 16.8 Å². The summed E-state index contributed by atoms with van der Waals surface area (Å²) in [4.78, 5) is 23.3. The van der Waals surface area contributed by atoms with Gasteiger partial charge in [0.25, 0.3) is 0 Å². The molecule has 0 spiro atoms. The molecular formula is C21H22N4OS. The zero-order valence-electron chi connectivity index (χ0n) is 15.1. The average Bonchev–Trinajstić information content (AvgIpc) is 3.17. The SMILES string of the molecule is O=C(Cc1csc(-c2cccnc2)n1)NCCN1CCc2ccccc2C1. The van der Waals surface area contributed by atoms with E-state index in [0.717, 1.165) is 42.3 Å². The van der Waals surface area contributed by atoms with Crippen molar-refractivity contribution in [2.45, 2.75) is 19.4 Å². The molecule has 0 saturated heterocycles. The molecule has 138 valence electrons. The lowest BCUT2D eigenvalue weighted by Gasteiger charge is -2.28. The number of nitrogens with zero attached hydrogens (tertiary/aromatic N) is 3. The Morgan fingerprint density at radius 2 is 2.07 bits per heavy atom. The average molecular weight is 379 g/mol. The number of carbonyl (C=O) groups excluding carboxylic acids is 1. The molecule has 3 heterocycles. The Labute approximate surface area is 163 Å². The highest BCUT2D eigenvalue weighted by Gasteiger charge is 2.15. The number of hydrogen-bond acceptors (Lipinski definition) is 5. The van der Waals surface area contributed by atoms with Gasteiger partial charge in [0.05, 0.1) is 12.1 Å². The first-order chi connectivity index (χ1) is 13.3. The number of nitrogens with one attached hydrogen (secondary N) is 1. The van der Waals surface area contributed by atoms with E-state index in [9.17, 15) is 4.79 Å². The van der Waals surface area contributed by atoms with E-state index >= 15 is 0 Å². The van der Waals surface area contributed by atoms with Crippen molar-refractivity contribution < 1.29 is 4.79 Å². The molecular weight excluding hydrogens is 356 g/mol. The van der Waals surface area contributed by atoms with E-state index in [1.165, 1.54) is 11.1 Å². The second-order valence-corrected chi connectivity index (χ2v) is 7.57. The Bertz CT molecular complexity index is 909. The van der Waals surface area contributed by atoms with Crippen molar-refractivity contribution in [3.05, 3.63) is 71.0 Å². The molecule has 0 unspecified atom stereocenters. The monoisotopic (exact) mass is 378 g/mol. The lowest BCUT2D eigenvalue weighted by molar-refractivity contribution is -0.120. The van der Waals surface area contributed by atoms with Gasteiger partial charge in [-0.1, -0.05) is 24.3 Å². The summed E-state index contributed by atoms with van der Waals surface area (Å²) in [6.45, 7) is 3.55. The number of rotatable bonds is 6. The number of hydrogen-bond donors (Lipinski definition) is 1. The van der Waals surface area contributed by atoms with Crippen molar-refractivity contribution in [3.8, 4) is 10.6 Å². The minimum absolute atomic E-state index is 0.0236. The smallest absolute Gasteiger partial charge is 0.226 e. The zero-order chi connectivity index (χ0) is 18.5. The molecule has 3 aromatic rings. The maximum atomic E-state index is 12.2. The molecule has 0 fully saturated rings. The minimum atomic E-state index is 0.0236. The molecule has 1 amide bonds. The summed E-state index contributed by atoms with van der Waals surface area (Å²) >= 11 is 1.55. The van der Waals surface area contributed by atoms with Crippen LogP contribution in [0.25, 0.3) is 10.6 Å². The largest absolute Gasteiger partial charge is 0.354 e. The van der Waals surface area contributed by atoms with E-state index in [1.807, 2.05) is 17.5 Å². The van der Waals surface area contributed by atoms with Crippen molar-refractivity contribution >= 4 is 17.2 Å². The first-order valence-corrected chi connectivity index (χ1v) is 10.1. The molecule has 1 aromatic carbocycles. The predicted octanol–water partition coefficient (Wildman–Crippen LogP) is 2.92. The van der Waals surface area contributed by atoms with Gasteiger partial charge in [0.15, 0.2) is 0 Å². The van der Waals surface area contributed by atoms with Gasteiger partial charge in [0.1, 0.15) is 5.01 Å². The molecule has 6 heteroatoms. The molecule has 0 radical (unpaired) electrons. The van der Waals surface area contributed by atoms with Gasteiger partial charge in [-0.15, -0.1) is 11.3 Å². The quantitative estimate of drug-likeness (QED) is 0.717. The first-order valence-electron chi connectivity index (χ1n) is 9.18. The number of carbonyl (C=O) groups is 1. The van der Waals surface area contributed by atoms with Crippen LogP contribution in [-0.4, -0.2) is 40.4 Å². The van der Waals surface area contributed by atoms with E-state index in [-0.39, 0.29) is 5.91 Å². The van der Waals surface area contributed by atoms with Crippen LogP contribution in [0.2, 0.25) is 0 Å². The summed E-state index contributed by atoms with van der Waals surface area (Å²) in [6, 6.07) is 12.5. The van der Waals surface area contributed by atoms with Crippen LogP contribution in [0.5, 0.6) is 0 Å². The number of amides is 1. The number of fused-ring (bicyclic) bond motifs is 1. The summed E-state index contributed by atoms with van der Waals surface area (Å²) in [7, 11) is 0. The van der Waals surface area contributed by atoms with E-state index in [0.29, 0.717) is 13.0 Å². The lowest BCUT2D eigenvalue weighted by Crippen LogP contribution is -2.38. The molecule has 5 nitrogen and oxygen atoms in total. The highest BCUT2D eigenvalue weighted by atomic mass is 32.1. The standard InChI is InChI=1S/C21H22N4OS/c26-20(12-19-15-27-21(24-19)17-6-3-8-22-13-17)23-9-11-25-10-7-16-4-1-2-5-18(16)14-25/h1-6,8,13,15H,7,9-12,14H2,(H,23,26). The number of benzene rings is 1. The van der Waals surface area contributed by atoms with Crippen LogP contribution in [0.4, 0.5) is 0 Å². The number of pyridine rings is 1. The van der Waals surface area contributed by atoms with Crippen LogP contribution in [-0.2, 0) is 24.2 Å². The summed E-state index contributed by atoms with van der Waals surface area (Å²) in [5.74, 6) is 0.0236. The van der Waals surface area contributed by atoms with Gasteiger partial charge in [0.2, 0.25) is 5.91 Å². The Balaban J connectivity index is 1.23. The first kappa shape index (κ1) is 17.8. The fourth-order valence-electron chi connectivity index (χ4n) is 3.34. The summed E-state index contributed by atoms with van der Waals surface area (Å²) in [5, 5.41) is 5.87. The molecule has 4 rings (SSSR count). The molecule has 1 aliphatic rings. The van der Waals surface area contributed by atoms with Crippen molar-refractivity contribution in [1.82, 2.24) is 20.2 Å². The molecule has 0 bridgehead atoms. The minimum Gasteiger partial charge on any atom is -0.354 e. The van der Waals surface area contributed by atoms with E-state index in [2.05, 4.69) is 44.5 Å². The normalized spacial score (nSPS) is 13.9. The molecule has 1 N–H and O–H groups in total. The van der Waals surface area contributed by atoms with Crippen LogP contribution in [0.15, 0.2) is 54.2 Å². The lowest BCUT2D eigenvalue weighted by atomic mass is 10.00. The maximum absolute atomic E-state index is 12.2. The van der Waals surface area contributed by atoms with Gasteiger partial charge >= 0.3 is 0 Å². The Hall–Kier alpha value is -2.57. The van der Waals surface area contributed by atoms with E-state index < -0.39 is 0 Å². The van der Waals surface area contributed by atoms with Crippen molar-refractivity contribution in [3.63, 3.8) is 0 Å². The van der Waals surface area contributed by atoms with Crippen LogP contribution in [0, 0.1) is 0 Å². The van der Waals surface area contributed by atoms with Crippen molar-refractivity contribution in [2.24, 2.45) is 0 Å². The predicted molar refractivity (Wildman–Crippen MR) is 107 cm³/mol. The second-order valence-electron chi connectivity index (χ2n) is 6.71. The van der Waals surface area contributed by atoms with Crippen LogP contribution >= 0.6 is 11.3 Å². The topological polar surface area (TPSA) is 58.1 Å². The van der Waals surface area contributed by atoms with Crippen molar-refractivity contribution in [1.29, 1.82) is 0 Å². The third kappa shape index (κ3) is 4.59.